The highest BCUT2D eigenvalue weighted by atomic mass is 16.5. The van der Waals surface area contributed by atoms with Crippen LogP contribution in [0, 0.1) is 5.92 Å². The Morgan fingerprint density at radius 1 is 1.50 bits per heavy atom. The van der Waals surface area contributed by atoms with Crippen LogP contribution in [0.1, 0.15) is 24.0 Å². The third-order valence-corrected chi connectivity index (χ3v) is 3.25. The highest BCUT2D eigenvalue weighted by Crippen LogP contribution is 2.33. The maximum Gasteiger partial charge on any atom is 0.323 e. The van der Waals surface area contributed by atoms with Gasteiger partial charge in [-0.25, -0.2) is 0 Å². The number of carbonyl (C=O) groups excluding carboxylic acids is 1. The smallest absolute Gasteiger partial charge is 0.323 e. The Morgan fingerprint density at radius 3 is 2.83 bits per heavy atom. The molecule has 1 saturated carbocycles. The van der Waals surface area contributed by atoms with Gasteiger partial charge in [-0.05, 0) is 29.9 Å². The summed E-state index contributed by atoms with van der Waals surface area (Å²) in [4.78, 5) is 11.6. The van der Waals surface area contributed by atoms with E-state index >= 15 is 0 Å². The van der Waals surface area contributed by atoms with Gasteiger partial charge in [-0.15, -0.1) is 0 Å². The maximum absolute atomic E-state index is 11.6. The van der Waals surface area contributed by atoms with Crippen molar-refractivity contribution in [1.82, 2.24) is 5.32 Å². The number of esters is 1. The van der Waals surface area contributed by atoms with Crippen molar-refractivity contribution in [2.24, 2.45) is 5.92 Å². The number of ether oxygens (including phenoxy) is 1. The molecule has 0 radical (unpaired) electrons. The van der Waals surface area contributed by atoms with E-state index in [0.717, 1.165) is 24.0 Å². The van der Waals surface area contributed by atoms with Gasteiger partial charge in [0.1, 0.15) is 6.04 Å². The molecule has 1 unspecified atom stereocenters. The Hall–Kier alpha value is -1.39. The maximum atomic E-state index is 11.6. The second kappa shape index (κ2) is 5.98. The summed E-state index contributed by atoms with van der Waals surface area (Å²) in [7, 11) is 1.42. The van der Waals surface area contributed by atoms with E-state index in [9.17, 15) is 4.79 Å². The summed E-state index contributed by atoms with van der Waals surface area (Å²) >= 11 is 0. The van der Waals surface area contributed by atoms with Crippen LogP contribution >= 0.6 is 0 Å². The fourth-order valence-corrected chi connectivity index (χ4v) is 2.06. The van der Waals surface area contributed by atoms with Crippen LogP contribution in [0.15, 0.2) is 24.3 Å². The molecule has 2 rings (SSSR count). The van der Waals surface area contributed by atoms with Gasteiger partial charge in [-0.1, -0.05) is 24.3 Å². The Morgan fingerprint density at radius 2 is 2.22 bits per heavy atom. The van der Waals surface area contributed by atoms with Crippen LogP contribution in [0.3, 0.4) is 0 Å². The third-order valence-electron chi connectivity index (χ3n) is 3.25. The highest BCUT2D eigenvalue weighted by molar-refractivity contribution is 5.76. The zero-order valence-electron chi connectivity index (χ0n) is 10.6. The molecule has 1 aliphatic carbocycles. The van der Waals surface area contributed by atoms with Crippen LogP contribution in [0.4, 0.5) is 0 Å². The zero-order chi connectivity index (χ0) is 13.0. The van der Waals surface area contributed by atoms with Crippen molar-refractivity contribution in [1.29, 1.82) is 0 Å². The van der Waals surface area contributed by atoms with Crippen LogP contribution in [0.5, 0.6) is 0 Å². The molecule has 4 nitrogen and oxygen atoms in total. The average Bonchev–Trinajstić information content (AvgIpc) is 3.23. The summed E-state index contributed by atoms with van der Waals surface area (Å²) in [6, 6.07) is 7.50. The van der Waals surface area contributed by atoms with Crippen LogP contribution in [-0.4, -0.2) is 24.2 Å². The monoisotopic (exact) mass is 249 g/mol. The normalized spacial score (nSPS) is 16.3. The Balaban J connectivity index is 1.94. The van der Waals surface area contributed by atoms with Crippen molar-refractivity contribution in [2.45, 2.75) is 32.0 Å². The minimum absolute atomic E-state index is 0.0386. The van der Waals surface area contributed by atoms with Gasteiger partial charge in [0.15, 0.2) is 0 Å². The Kier molecular flexibility index (Phi) is 4.33. The predicted octanol–water partition coefficient (Wildman–Crippen LogP) is 1.22. The van der Waals surface area contributed by atoms with Crippen molar-refractivity contribution in [3.05, 3.63) is 35.4 Å². The number of aliphatic hydroxyl groups excluding tert-OH is 1. The van der Waals surface area contributed by atoms with Crippen LogP contribution in [0.25, 0.3) is 0 Å². The molecule has 0 saturated heterocycles. The molecule has 0 amide bonds. The zero-order valence-corrected chi connectivity index (χ0v) is 10.6. The molecule has 0 aromatic heterocycles. The van der Waals surface area contributed by atoms with Gasteiger partial charge < -0.3 is 15.2 Å². The van der Waals surface area contributed by atoms with Crippen molar-refractivity contribution >= 4 is 5.97 Å². The molecule has 18 heavy (non-hydrogen) atoms. The van der Waals surface area contributed by atoms with E-state index in [4.69, 9.17) is 9.84 Å². The van der Waals surface area contributed by atoms with E-state index in [1.807, 2.05) is 24.3 Å². The Labute approximate surface area is 107 Å². The lowest BCUT2D eigenvalue weighted by atomic mass is 10.1. The molecule has 1 atom stereocenters. The molecule has 4 heteroatoms. The van der Waals surface area contributed by atoms with E-state index in [1.54, 1.807) is 0 Å². The number of aliphatic hydroxyl groups is 1. The van der Waals surface area contributed by atoms with E-state index in [1.165, 1.54) is 7.11 Å². The first kappa shape index (κ1) is 13.1. The van der Waals surface area contributed by atoms with E-state index in [0.29, 0.717) is 12.5 Å². The van der Waals surface area contributed by atoms with Crippen molar-refractivity contribution in [2.75, 3.05) is 7.11 Å². The van der Waals surface area contributed by atoms with E-state index < -0.39 is 0 Å². The molecule has 2 N–H and O–H groups in total. The third kappa shape index (κ3) is 3.31. The predicted molar refractivity (Wildman–Crippen MR) is 67.7 cm³/mol. The quantitative estimate of drug-likeness (QED) is 0.744. The lowest BCUT2D eigenvalue weighted by molar-refractivity contribution is -0.143. The van der Waals surface area contributed by atoms with E-state index in [-0.39, 0.29) is 18.6 Å². The molecule has 1 aromatic carbocycles. The summed E-state index contributed by atoms with van der Waals surface area (Å²) in [6.45, 7) is 0.654. The lowest BCUT2D eigenvalue weighted by Gasteiger charge is -2.15. The number of rotatable bonds is 6. The number of nitrogens with one attached hydrogen (secondary N) is 1. The first-order valence-corrected chi connectivity index (χ1v) is 6.24. The van der Waals surface area contributed by atoms with Gasteiger partial charge in [0.25, 0.3) is 0 Å². The minimum Gasteiger partial charge on any atom is -0.468 e. The fraction of sp³-hybridized carbons (Fsp3) is 0.500. The molecule has 0 heterocycles. The standard InChI is InChI=1S/C14H19NO3/c1-18-14(17)13(12-5-6-12)15-8-10-3-2-4-11(7-10)9-16/h2-4,7,12-13,15-16H,5-6,8-9H2,1H3. The summed E-state index contributed by atoms with van der Waals surface area (Å²) in [6.07, 6.45) is 2.17. The molecular formula is C14H19NO3. The second-order valence-electron chi connectivity index (χ2n) is 4.70. The van der Waals surface area contributed by atoms with Crippen LogP contribution < -0.4 is 5.32 Å². The van der Waals surface area contributed by atoms with E-state index in [2.05, 4.69) is 5.32 Å². The summed E-state index contributed by atoms with van der Waals surface area (Å²) in [5.41, 5.74) is 1.95. The van der Waals surface area contributed by atoms with Crippen LogP contribution in [0.2, 0.25) is 0 Å². The Bertz CT molecular complexity index is 415. The molecule has 1 aromatic rings. The molecule has 1 aliphatic rings. The number of carbonyl (C=O) groups is 1. The van der Waals surface area contributed by atoms with Gasteiger partial charge in [0, 0.05) is 6.54 Å². The van der Waals surface area contributed by atoms with Gasteiger partial charge in [-0.2, -0.15) is 0 Å². The minimum atomic E-state index is -0.201. The molecular weight excluding hydrogens is 230 g/mol. The number of benzene rings is 1. The summed E-state index contributed by atoms with van der Waals surface area (Å²) in [5.74, 6) is 0.231. The lowest BCUT2D eigenvalue weighted by Crippen LogP contribution is -2.39. The largest absolute Gasteiger partial charge is 0.468 e. The second-order valence-corrected chi connectivity index (χ2v) is 4.70. The SMILES string of the molecule is COC(=O)C(NCc1cccc(CO)c1)C1CC1. The van der Waals surface area contributed by atoms with Crippen molar-refractivity contribution in [3.63, 3.8) is 0 Å². The van der Waals surface area contributed by atoms with Gasteiger partial charge in [0.05, 0.1) is 13.7 Å². The van der Waals surface area contributed by atoms with Gasteiger partial charge in [-0.3, -0.25) is 4.79 Å². The molecule has 1 fully saturated rings. The first-order chi connectivity index (χ1) is 8.74. The van der Waals surface area contributed by atoms with Crippen molar-refractivity contribution in [3.8, 4) is 0 Å². The fourth-order valence-electron chi connectivity index (χ4n) is 2.06. The molecule has 98 valence electrons. The van der Waals surface area contributed by atoms with Crippen molar-refractivity contribution < 1.29 is 14.6 Å². The molecule has 0 bridgehead atoms. The topological polar surface area (TPSA) is 58.6 Å². The molecule has 0 aliphatic heterocycles. The molecule has 0 spiro atoms. The average molecular weight is 249 g/mol. The highest BCUT2D eigenvalue weighted by Gasteiger charge is 2.36. The summed E-state index contributed by atoms with van der Waals surface area (Å²) in [5, 5.41) is 12.3. The number of methoxy groups -OCH3 is 1. The number of hydrogen-bond acceptors (Lipinski definition) is 4. The number of hydrogen-bond donors (Lipinski definition) is 2. The first-order valence-electron chi connectivity index (χ1n) is 6.24. The van der Waals surface area contributed by atoms with Crippen LogP contribution in [-0.2, 0) is 22.7 Å². The van der Waals surface area contributed by atoms with Gasteiger partial charge in [0.2, 0.25) is 0 Å². The van der Waals surface area contributed by atoms with Gasteiger partial charge >= 0.3 is 5.97 Å². The summed E-state index contributed by atoms with van der Waals surface area (Å²) < 4.78 is 4.81.